The number of rotatable bonds is 3. The van der Waals surface area contributed by atoms with Crippen LogP contribution in [-0.2, 0) is 6.54 Å². The van der Waals surface area contributed by atoms with Crippen molar-refractivity contribution in [3.8, 4) is 0 Å². The van der Waals surface area contributed by atoms with Gasteiger partial charge in [0.05, 0.1) is 0 Å². The summed E-state index contributed by atoms with van der Waals surface area (Å²) in [5, 5.41) is 0.941. The molecule has 0 bridgehead atoms. The number of halogens is 1. The summed E-state index contributed by atoms with van der Waals surface area (Å²) in [4.78, 5) is 17.0. The molecule has 5 nitrogen and oxygen atoms in total. The first-order valence-electron chi connectivity index (χ1n) is 7.15. The minimum atomic E-state index is -0.373. The molecule has 0 fully saturated rings. The second-order valence-corrected chi connectivity index (χ2v) is 5.32. The standard InChI is InChI=1S/C17H17FN4O/c1-22(17(23)10-2-4-11(18)5-3-10)12-6-7-13-14(9-19)16(20)21-15(13)8-12/h2-8,21H,9,19-20H2,1H3. The lowest BCUT2D eigenvalue weighted by molar-refractivity contribution is 0.0993. The Labute approximate surface area is 132 Å². The predicted octanol–water partition coefficient (Wildman–Crippen LogP) is 2.62. The average Bonchev–Trinajstić information content (AvgIpc) is 2.88. The molecule has 0 saturated carbocycles. The molecular weight excluding hydrogens is 295 g/mol. The fourth-order valence-electron chi connectivity index (χ4n) is 2.60. The molecule has 0 saturated heterocycles. The van der Waals surface area contributed by atoms with Gasteiger partial charge < -0.3 is 21.4 Å². The van der Waals surface area contributed by atoms with E-state index in [1.807, 2.05) is 18.2 Å². The second kappa shape index (κ2) is 5.73. The highest BCUT2D eigenvalue weighted by atomic mass is 19.1. The van der Waals surface area contributed by atoms with Gasteiger partial charge in [-0.15, -0.1) is 0 Å². The Morgan fingerprint density at radius 3 is 2.57 bits per heavy atom. The van der Waals surface area contributed by atoms with Crippen LogP contribution in [0.1, 0.15) is 15.9 Å². The molecular formula is C17H17FN4O. The maximum Gasteiger partial charge on any atom is 0.258 e. The highest BCUT2D eigenvalue weighted by Gasteiger charge is 2.15. The lowest BCUT2D eigenvalue weighted by Gasteiger charge is -2.17. The normalized spacial score (nSPS) is 10.9. The summed E-state index contributed by atoms with van der Waals surface area (Å²) in [7, 11) is 1.67. The first kappa shape index (κ1) is 15.1. The van der Waals surface area contributed by atoms with Crippen LogP contribution < -0.4 is 16.4 Å². The zero-order valence-electron chi connectivity index (χ0n) is 12.6. The van der Waals surface area contributed by atoms with E-state index < -0.39 is 0 Å². The third-order valence-corrected chi connectivity index (χ3v) is 3.91. The summed E-state index contributed by atoms with van der Waals surface area (Å²) < 4.78 is 13.0. The Kier molecular flexibility index (Phi) is 3.75. The predicted molar refractivity (Wildman–Crippen MR) is 89.7 cm³/mol. The molecule has 5 N–H and O–H groups in total. The Hall–Kier alpha value is -2.86. The van der Waals surface area contributed by atoms with Gasteiger partial charge in [0.1, 0.15) is 11.6 Å². The number of carbonyl (C=O) groups is 1. The highest BCUT2D eigenvalue weighted by Crippen LogP contribution is 2.28. The van der Waals surface area contributed by atoms with Crippen molar-refractivity contribution in [1.29, 1.82) is 0 Å². The smallest absolute Gasteiger partial charge is 0.258 e. The van der Waals surface area contributed by atoms with Gasteiger partial charge >= 0.3 is 0 Å². The van der Waals surface area contributed by atoms with E-state index >= 15 is 0 Å². The monoisotopic (exact) mass is 312 g/mol. The number of aromatic amines is 1. The van der Waals surface area contributed by atoms with Gasteiger partial charge in [-0.05, 0) is 36.4 Å². The van der Waals surface area contributed by atoms with E-state index in [1.165, 1.54) is 29.2 Å². The maximum absolute atomic E-state index is 13.0. The van der Waals surface area contributed by atoms with Crippen molar-refractivity contribution in [2.75, 3.05) is 17.7 Å². The van der Waals surface area contributed by atoms with Crippen LogP contribution in [0.4, 0.5) is 15.9 Å². The van der Waals surface area contributed by atoms with E-state index in [-0.39, 0.29) is 11.7 Å². The Morgan fingerprint density at radius 2 is 1.91 bits per heavy atom. The zero-order chi connectivity index (χ0) is 16.6. The summed E-state index contributed by atoms with van der Waals surface area (Å²) in [5.74, 6) is -0.0584. The molecule has 0 unspecified atom stereocenters. The van der Waals surface area contributed by atoms with Crippen molar-refractivity contribution in [2.45, 2.75) is 6.54 Å². The molecule has 1 amide bonds. The van der Waals surface area contributed by atoms with Gasteiger partial charge in [0.2, 0.25) is 0 Å². The molecule has 3 rings (SSSR count). The van der Waals surface area contributed by atoms with Crippen LogP contribution in [0.15, 0.2) is 42.5 Å². The summed E-state index contributed by atoms with van der Waals surface area (Å²) in [6, 6.07) is 11.0. The van der Waals surface area contributed by atoms with Crippen molar-refractivity contribution in [1.82, 2.24) is 4.98 Å². The molecule has 0 radical (unpaired) electrons. The van der Waals surface area contributed by atoms with Crippen molar-refractivity contribution in [3.63, 3.8) is 0 Å². The number of fused-ring (bicyclic) bond motifs is 1. The van der Waals surface area contributed by atoms with E-state index in [1.54, 1.807) is 7.05 Å². The van der Waals surface area contributed by atoms with E-state index in [2.05, 4.69) is 4.98 Å². The zero-order valence-corrected chi connectivity index (χ0v) is 12.6. The number of hydrogen-bond donors (Lipinski definition) is 3. The van der Waals surface area contributed by atoms with Crippen LogP contribution >= 0.6 is 0 Å². The van der Waals surface area contributed by atoms with Gasteiger partial charge in [0.25, 0.3) is 5.91 Å². The number of carbonyl (C=O) groups excluding carboxylic acids is 1. The fourth-order valence-corrected chi connectivity index (χ4v) is 2.60. The molecule has 6 heteroatoms. The molecule has 1 aromatic heterocycles. The van der Waals surface area contributed by atoms with Gasteiger partial charge in [-0.3, -0.25) is 4.79 Å². The minimum Gasteiger partial charge on any atom is -0.385 e. The molecule has 0 aliphatic rings. The molecule has 1 heterocycles. The molecule has 0 aliphatic heterocycles. The fraction of sp³-hybridized carbons (Fsp3) is 0.118. The summed E-state index contributed by atoms with van der Waals surface area (Å²) >= 11 is 0. The number of benzene rings is 2. The number of H-pyrrole nitrogens is 1. The van der Waals surface area contributed by atoms with Gasteiger partial charge in [-0.2, -0.15) is 0 Å². The lowest BCUT2D eigenvalue weighted by atomic mass is 10.1. The van der Waals surface area contributed by atoms with Gasteiger partial charge in [0, 0.05) is 41.3 Å². The van der Waals surface area contributed by atoms with Crippen LogP contribution in [-0.4, -0.2) is 17.9 Å². The quantitative estimate of drug-likeness (QED) is 0.694. The number of aromatic nitrogens is 1. The van der Waals surface area contributed by atoms with E-state index in [4.69, 9.17) is 11.5 Å². The van der Waals surface area contributed by atoms with Crippen molar-refractivity contribution >= 4 is 28.3 Å². The SMILES string of the molecule is CN(C(=O)c1ccc(F)cc1)c1ccc2c(CN)c(N)[nH]c2c1. The molecule has 0 spiro atoms. The summed E-state index contributed by atoms with van der Waals surface area (Å²) in [5.41, 5.74) is 14.4. The molecule has 3 aromatic rings. The number of nitrogens with zero attached hydrogens (tertiary/aromatic N) is 1. The first-order valence-corrected chi connectivity index (χ1v) is 7.15. The Bertz CT molecular complexity index is 870. The van der Waals surface area contributed by atoms with Crippen molar-refractivity contribution in [3.05, 3.63) is 59.4 Å². The van der Waals surface area contributed by atoms with Crippen molar-refractivity contribution in [2.24, 2.45) is 5.73 Å². The maximum atomic E-state index is 13.0. The first-order chi connectivity index (χ1) is 11.0. The third-order valence-electron chi connectivity index (χ3n) is 3.91. The minimum absolute atomic E-state index is 0.220. The Balaban J connectivity index is 1.95. The number of nitrogens with one attached hydrogen (secondary N) is 1. The highest BCUT2D eigenvalue weighted by molar-refractivity contribution is 6.06. The summed E-state index contributed by atoms with van der Waals surface area (Å²) in [6.07, 6.45) is 0. The molecule has 0 aliphatic carbocycles. The lowest BCUT2D eigenvalue weighted by Crippen LogP contribution is -2.26. The van der Waals surface area contributed by atoms with E-state index in [0.717, 1.165) is 16.5 Å². The number of nitrogen functional groups attached to an aromatic ring is 1. The molecule has 2 aromatic carbocycles. The third kappa shape index (κ3) is 2.64. The number of anilines is 2. The Morgan fingerprint density at radius 1 is 1.22 bits per heavy atom. The number of nitrogens with two attached hydrogens (primary N) is 2. The number of amides is 1. The second-order valence-electron chi connectivity index (χ2n) is 5.32. The topological polar surface area (TPSA) is 88.1 Å². The van der Waals surface area contributed by atoms with Crippen LogP contribution in [0.3, 0.4) is 0 Å². The van der Waals surface area contributed by atoms with Gasteiger partial charge in [-0.25, -0.2) is 4.39 Å². The van der Waals surface area contributed by atoms with Gasteiger partial charge in [0.15, 0.2) is 0 Å². The summed E-state index contributed by atoms with van der Waals surface area (Å²) in [6.45, 7) is 0.343. The largest absolute Gasteiger partial charge is 0.385 e. The molecule has 23 heavy (non-hydrogen) atoms. The van der Waals surface area contributed by atoms with Crippen molar-refractivity contribution < 1.29 is 9.18 Å². The van der Waals surface area contributed by atoms with Gasteiger partial charge in [-0.1, -0.05) is 6.07 Å². The van der Waals surface area contributed by atoms with Crippen LogP contribution in [0.2, 0.25) is 0 Å². The molecule has 0 atom stereocenters. The van der Waals surface area contributed by atoms with Crippen LogP contribution in [0.25, 0.3) is 10.9 Å². The number of hydrogen-bond acceptors (Lipinski definition) is 3. The average molecular weight is 312 g/mol. The van der Waals surface area contributed by atoms with E-state index in [9.17, 15) is 9.18 Å². The van der Waals surface area contributed by atoms with E-state index in [0.29, 0.717) is 23.6 Å². The molecule has 118 valence electrons. The van der Waals surface area contributed by atoms with Crippen LogP contribution in [0.5, 0.6) is 0 Å². The van der Waals surface area contributed by atoms with Crippen LogP contribution in [0, 0.1) is 5.82 Å².